The average Bonchev–Trinajstić information content (AvgIpc) is 3.12. The number of fused-ring (bicyclic) bond motifs is 6. The van der Waals surface area contributed by atoms with Gasteiger partial charge in [0.2, 0.25) is 0 Å². The minimum absolute atomic E-state index is 0.149. The summed E-state index contributed by atoms with van der Waals surface area (Å²) in [6.45, 7) is 4.96. The van der Waals surface area contributed by atoms with Gasteiger partial charge < -0.3 is 9.47 Å². The Balaban J connectivity index is 1.44. The molecule has 0 aromatic heterocycles. The molecule has 2 aliphatic heterocycles. The molecule has 4 aliphatic carbocycles. The lowest BCUT2D eigenvalue weighted by molar-refractivity contribution is -0.170. The van der Waals surface area contributed by atoms with Crippen molar-refractivity contribution in [2.75, 3.05) is 0 Å². The van der Waals surface area contributed by atoms with Crippen molar-refractivity contribution < 1.29 is 9.47 Å². The van der Waals surface area contributed by atoms with E-state index >= 15 is 0 Å². The van der Waals surface area contributed by atoms with Crippen LogP contribution in [0.3, 0.4) is 0 Å². The van der Waals surface area contributed by atoms with Crippen LogP contribution < -0.4 is 0 Å². The van der Waals surface area contributed by atoms with Gasteiger partial charge in [0.15, 0.2) is 6.29 Å². The van der Waals surface area contributed by atoms with Gasteiger partial charge >= 0.3 is 0 Å². The maximum Gasteiger partial charge on any atom is 0.164 e. The summed E-state index contributed by atoms with van der Waals surface area (Å²) in [5, 5.41) is 0. The molecule has 6 aliphatic rings. The summed E-state index contributed by atoms with van der Waals surface area (Å²) in [5.74, 6) is 4.45. The second kappa shape index (κ2) is 4.36. The molecule has 0 aromatic carbocycles. The monoisotopic (exact) mass is 316 g/mol. The average molecular weight is 316 g/mol. The van der Waals surface area contributed by atoms with Crippen molar-refractivity contribution in [1.82, 2.24) is 0 Å². The van der Waals surface area contributed by atoms with Gasteiger partial charge in [-0.15, -0.1) is 0 Å². The second-order valence-electron chi connectivity index (χ2n) is 10.2. The predicted molar refractivity (Wildman–Crippen MR) is 88.8 cm³/mol. The molecule has 2 nitrogen and oxygen atoms in total. The van der Waals surface area contributed by atoms with E-state index < -0.39 is 0 Å². The molecule has 2 bridgehead atoms. The third-order valence-corrected chi connectivity index (χ3v) is 9.81. The Morgan fingerprint density at radius 2 is 1.78 bits per heavy atom. The molecule has 6 fully saturated rings. The Kier molecular flexibility index (Phi) is 2.68. The first-order valence-electron chi connectivity index (χ1n) is 10.5. The van der Waals surface area contributed by atoms with E-state index in [1.54, 1.807) is 0 Å². The van der Waals surface area contributed by atoms with Gasteiger partial charge in [-0.05, 0) is 86.9 Å². The number of ether oxygens (including phenoxy) is 2. The fourth-order valence-electron chi connectivity index (χ4n) is 9.10. The van der Waals surface area contributed by atoms with Crippen molar-refractivity contribution >= 4 is 0 Å². The maximum atomic E-state index is 6.71. The predicted octanol–water partition coefficient (Wildman–Crippen LogP) is 4.77. The first-order chi connectivity index (χ1) is 11.1. The van der Waals surface area contributed by atoms with Gasteiger partial charge in [0.1, 0.15) is 0 Å². The zero-order chi connectivity index (χ0) is 15.4. The Hall–Kier alpha value is -0.0800. The first kappa shape index (κ1) is 14.1. The van der Waals surface area contributed by atoms with Gasteiger partial charge in [0.05, 0.1) is 12.2 Å². The van der Waals surface area contributed by atoms with Crippen LogP contribution in [0.25, 0.3) is 0 Å². The second-order valence-corrected chi connectivity index (χ2v) is 10.2. The lowest BCUT2D eigenvalue weighted by Crippen LogP contribution is -2.56. The van der Waals surface area contributed by atoms with Crippen molar-refractivity contribution in [1.29, 1.82) is 0 Å². The van der Waals surface area contributed by atoms with Gasteiger partial charge in [-0.2, -0.15) is 0 Å². The highest BCUT2D eigenvalue weighted by molar-refractivity contribution is 5.19. The van der Waals surface area contributed by atoms with E-state index in [1.807, 2.05) is 0 Å². The topological polar surface area (TPSA) is 18.5 Å². The third kappa shape index (κ3) is 1.47. The Morgan fingerprint density at radius 1 is 0.913 bits per heavy atom. The molecule has 0 N–H and O–H groups in total. The standard InChI is InChI=1S/C21H32O2/c1-12-15-8-9-16-14-7-6-13-5-3-4-10-20(13,2)18(14)17-11-21(15,16)19(22-12)23-17/h12-19H,3-11H2,1-2H3/t12?,13?,14-,15+,16-,17?,18+,19?,20-,21-/m0/s1. The molecule has 10 atom stereocenters. The Bertz CT molecular complexity index is 532. The van der Waals surface area contributed by atoms with Crippen LogP contribution in [0.1, 0.15) is 71.6 Å². The molecule has 2 heteroatoms. The van der Waals surface area contributed by atoms with Crippen LogP contribution >= 0.6 is 0 Å². The Labute approximate surface area is 140 Å². The third-order valence-electron chi connectivity index (χ3n) is 9.81. The molecule has 128 valence electrons. The van der Waals surface area contributed by atoms with Gasteiger partial charge in [-0.1, -0.05) is 19.8 Å². The van der Waals surface area contributed by atoms with Gasteiger partial charge in [-0.3, -0.25) is 0 Å². The summed E-state index contributed by atoms with van der Waals surface area (Å²) < 4.78 is 13.1. The van der Waals surface area contributed by atoms with Crippen LogP contribution in [0.5, 0.6) is 0 Å². The number of rotatable bonds is 0. The van der Waals surface area contributed by atoms with Crippen LogP contribution in [0.2, 0.25) is 0 Å². The number of hydrogen-bond donors (Lipinski definition) is 0. The fourth-order valence-corrected chi connectivity index (χ4v) is 9.10. The summed E-state index contributed by atoms with van der Waals surface area (Å²) in [7, 11) is 0. The molecular weight excluding hydrogens is 284 g/mol. The van der Waals surface area contributed by atoms with Crippen molar-refractivity contribution in [2.24, 2.45) is 40.4 Å². The van der Waals surface area contributed by atoms with E-state index in [-0.39, 0.29) is 6.29 Å². The lowest BCUT2D eigenvalue weighted by atomic mass is 9.44. The Morgan fingerprint density at radius 3 is 2.70 bits per heavy atom. The van der Waals surface area contributed by atoms with E-state index in [2.05, 4.69) is 13.8 Å². The van der Waals surface area contributed by atoms with Crippen LogP contribution in [0.15, 0.2) is 0 Å². The molecule has 1 spiro atoms. The van der Waals surface area contributed by atoms with Gasteiger partial charge in [0.25, 0.3) is 0 Å². The summed E-state index contributed by atoms with van der Waals surface area (Å²) >= 11 is 0. The fraction of sp³-hybridized carbons (Fsp3) is 1.00. The smallest absolute Gasteiger partial charge is 0.164 e. The maximum absolute atomic E-state index is 6.71. The van der Waals surface area contributed by atoms with E-state index in [0.29, 0.717) is 23.0 Å². The highest BCUT2D eigenvalue weighted by Gasteiger charge is 2.74. The van der Waals surface area contributed by atoms with Crippen LogP contribution in [-0.2, 0) is 9.47 Å². The van der Waals surface area contributed by atoms with Crippen molar-refractivity contribution in [3.8, 4) is 0 Å². The summed E-state index contributed by atoms with van der Waals surface area (Å²) in [5.41, 5.74) is 0.985. The van der Waals surface area contributed by atoms with Crippen molar-refractivity contribution in [3.05, 3.63) is 0 Å². The van der Waals surface area contributed by atoms with E-state index in [0.717, 1.165) is 29.6 Å². The zero-order valence-electron chi connectivity index (χ0n) is 14.8. The quantitative estimate of drug-likeness (QED) is 0.641. The molecule has 2 saturated heterocycles. The minimum atomic E-state index is 0.149. The molecule has 23 heavy (non-hydrogen) atoms. The SMILES string of the molecule is CC1OC2OC3C[C@@]24[C@@H]1CC[C@H]4[C@@H]1CCC2CCCC[C@]2(C)[C@@H]31. The molecule has 2 heterocycles. The van der Waals surface area contributed by atoms with E-state index in [4.69, 9.17) is 9.47 Å². The van der Waals surface area contributed by atoms with Crippen LogP contribution in [0.4, 0.5) is 0 Å². The summed E-state index contributed by atoms with van der Waals surface area (Å²) in [4.78, 5) is 0. The highest BCUT2D eigenvalue weighted by Crippen LogP contribution is 2.74. The molecular formula is C21H32O2. The van der Waals surface area contributed by atoms with E-state index in [9.17, 15) is 0 Å². The molecule has 0 amide bonds. The normalized spacial score (nSPS) is 66.0. The molecule has 0 radical (unpaired) electrons. The molecule has 6 rings (SSSR count). The highest BCUT2D eigenvalue weighted by atomic mass is 16.7. The largest absolute Gasteiger partial charge is 0.349 e. The zero-order valence-corrected chi connectivity index (χ0v) is 14.8. The first-order valence-corrected chi connectivity index (χ1v) is 10.5. The van der Waals surface area contributed by atoms with Crippen LogP contribution in [-0.4, -0.2) is 18.5 Å². The summed E-state index contributed by atoms with van der Waals surface area (Å²) in [6, 6.07) is 0. The van der Waals surface area contributed by atoms with Crippen molar-refractivity contribution in [2.45, 2.75) is 90.1 Å². The molecule has 0 aromatic rings. The number of hydrogen-bond acceptors (Lipinski definition) is 2. The molecule has 4 saturated carbocycles. The van der Waals surface area contributed by atoms with E-state index in [1.165, 1.54) is 57.8 Å². The minimum Gasteiger partial charge on any atom is -0.349 e. The summed E-state index contributed by atoms with van der Waals surface area (Å²) in [6.07, 6.45) is 14.2. The van der Waals surface area contributed by atoms with Crippen LogP contribution in [0, 0.1) is 40.4 Å². The van der Waals surface area contributed by atoms with Crippen molar-refractivity contribution in [3.63, 3.8) is 0 Å². The lowest BCUT2D eigenvalue weighted by Gasteiger charge is -2.59. The van der Waals surface area contributed by atoms with Gasteiger partial charge in [-0.25, -0.2) is 0 Å². The molecule has 4 unspecified atom stereocenters. The van der Waals surface area contributed by atoms with Gasteiger partial charge in [0, 0.05) is 5.41 Å².